The zero-order valence-corrected chi connectivity index (χ0v) is 12.0. The molecule has 1 amide bonds. The first kappa shape index (κ1) is 16.0. The molecule has 5 heteroatoms. The molecule has 5 nitrogen and oxygen atoms in total. The maximum absolute atomic E-state index is 11.3. The SMILES string of the molecule is CC(C)(CCNc1ccccc1C(N)=O)CCC(=O)O. The van der Waals surface area contributed by atoms with Crippen molar-refractivity contribution in [3.63, 3.8) is 0 Å². The van der Waals surface area contributed by atoms with Crippen LogP contribution in [-0.4, -0.2) is 23.5 Å². The Kier molecular flexibility index (Phi) is 5.55. The number of aliphatic carboxylic acids is 1. The lowest BCUT2D eigenvalue weighted by Crippen LogP contribution is -2.20. The molecule has 0 heterocycles. The van der Waals surface area contributed by atoms with E-state index in [4.69, 9.17) is 10.8 Å². The van der Waals surface area contributed by atoms with Gasteiger partial charge in [-0.3, -0.25) is 9.59 Å². The third-order valence-corrected chi connectivity index (χ3v) is 3.33. The molecule has 0 aliphatic carbocycles. The van der Waals surface area contributed by atoms with Crippen LogP contribution in [0, 0.1) is 5.41 Å². The van der Waals surface area contributed by atoms with E-state index >= 15 is 0 Å². The molecule has 0 spiro atoms. The fraction of sp³-hybridized carbons (Fsp3) is 0.467. The molecule has 0 aliphatic heterocycles. The molecule has 0 unspecified atom stereocenters. The van der Waals surface area contributed by atoms with Crippen molar-refractivity contribution < 1.29 is 14.7 Å². The Morgan fingerprint density at radius 3 is 2.50 bits per heavy atom. The Morgan fingerprint density at radius 1 is 1.25 bits per heavy atom. The van der Waals surface area contributed by atoms with Gasteiger partial charge in [-0.15, -0.1) is 0 Å². The average Bonchev–Trinajstić information content (AvgIpc) is 2.37. The van der Waals surface area contributed by atoms with Gasteiger partial charge in [0.25, 0.3) is 5.91 Å². The molecule has 1 aromatic rings. The Bertz CT molecular complexity index is 484. The molecule has 0 bridgehead atoms. The van der Waals surface area contributed by atoms with E-state index in [0.29, 0.717) is 24.2 Å². The van der Waals surface area contributed by atoms with E-state index in [9.17, 15) is 9.59 Å². The smallest absolute Gasteiger partial charge is 0.303 e. The van der Waals surface area contributed by atoms with E-state index in [1.807, 2.05) is 26.0 Å². The second-order valence-electron chi connectivity index (χ2n) is 5.64. The number of nitrogens with two attached hydrogens (primary N) is 1. The number of carboxylic acids is 1. The largest absolute Gasteiger partial charge is 0.481 e. The summed E-state index contributed by atoms with van der Waals surface area (Å²) in [6.45, 7) is 4.74. The number of para-hydroxylation sites is 1. The molecule has 1 rings (SSSR count). The van der Waals surface area contributed by atoms with Gasteiger partial charge in [-0.05, 0) is 30.4 Å². The third-order valence-electron chi connectivity index (χ3n) is 3.33. The quantitative estimate of drug-likeness (QED) is 0.681. The molecular weight excluding hydrogens is 256 g/mol. The number of hydrogen-bond acceptors (Lipinski definition) is 3. The van der Waals surface area contributed by atoms with Crippen molar-refractivity contribution in [3.05, 3.63) is 29.8 Å². The monoisotopic (exact) mass is 278 g/mol. The van der Waals surface area contributed by atoms with Gasteiger partial charge in [0.1, 0.15) is 0 Å². The van der Waals surface area contributed by atoms with Gasteiger partial charge in [0.15, 0.2) is 0 Å². The van der Waals surface area contributed by atoms with Crippen molar-refractivity contribution in [1.29, 1.82) is 0 Å². The lowest BCUT2D eigenvalue weighted by molar-refractivity contribution is -0.137. The Balaban J connectivity index is 2.52. The summed E-state index contributed by atoms with van der Waals surface area (Å²) in [6.07, 6.45) is 1.61. The highest BCUT2D eigenvalue weighted by Crippen LogP contribution is 2.27. The van der Waals surface area contributed by atoms with Crippen LogP contribution in [0.5, 0.6) is 0 Å². The maximum atomic E-state index is 11.3. The summed E-state index contributed by atoms with van der Waals surface area (Å²) < 4.78 is 0. The molecule has 0 fully saturated rings. The van der Waals surface area contributed by atoms with E-state index in [1.165, 1.54) is 0 Å². The molecule has 4 N–H and O–H groups in total. The predicted octanol–water partition coefficient (Wildman–Crippen LogP) is 2.48. The number of benzene rings is 1. The highest BCUT2D eigenvalue weighted by atomic mass is 16.4. The summed E-state index contributed by atoms with van der Waals surface area (Å²) in [6, 6.07) is 7.09. The van der Waals surface area contributed by atoms with E-state index in [0.717, 1.165) is 6.42 Å². The van der Waals surface area contributed by atoms with Crippen LogP contribution in [0.2, 0.25) is 0 Å². The molecule has 0 aromatic heterocycles. The molecule has 110 valence electrons. The second-order valence-corrected chi connectivity index (χ2v) is 5.64. The zero-order valence-electron chi connectivity index (χ0n) is 12.0. The van der Waals surface area contributed by atoms with Crippen molar-refractivity contribution in [2.45, 2.75) is 33.1 Å². The molecule has 0 radical (unpaired) electrons. The number of hydrogen-bond donors (Lipinski definition) is 3. The van der Waals surface area contributed by atoms with Gasteiger partial charge in [-0.2, -0.15) is 0 Å². The highest BCUT2D eigenvalue weighted by Gasteiger charge is 2.19. The van der Waals surface area contributed by atoms with Crippen LogP contribution in [0.4, 0.5) is 5.69 Å². The Hall–Kier alpha value is -2.04. The number of rotatable bonds is 8. The van der Waals surface area contributed by atoms with Crippen LogP contribution >= 0.6 is 0 Å². The first-order chi connectivity index (χ1) is 9.32. The van der Waals surface area contributed by atoms with Crippen LogP contribution in [-0.2, 0) is 4.79 Å². The van der Waals surface area contributed by atoms with Gasteiger partial charge >= 0.3 is 5.97 Å². The number of carboxylic acid groups (broad SMARTS) is 1. The number of carbonyl (C=O) groups is 2. The third kappa shape index (κ3) is 5.30. The van der Waals surface area contributed by atoms with Crippen LogP contribution in [0.15, 0.2) is 24.3 Å². The number of anilines is 1. The van der Waals surface area contributed by atoms with E-state index in [-0.39, 0.29) is 11.8 Å². The summed E-state index contributed by atoms with van der Waals surface area (Å²) in [7, 11) is 0. The highest BCUT2D eigenvalue weighted by molar-refractivity contribution is 5.98. The first-order valence-electron chi connectivity index (χ1n) is 6.66. The molecular formula is C15H22N2O3. The Labute approximate surface area is 119 Å². The predicted molar refractivity (Wildman–Crippen MR) is 78.7 cm³/mol. The summed E-state index contributed by atoms with van der Waals surface area (Å²) in [5, 5.41) is 11.9. The van der Waals surface area contributed by atoms with Crippen molar-refractivity contribution in [2.75, 3.05) is 11.9 Å². The van der Waals surface area contributed by atoms with Crippen molar-refractivity contribution >= 4 is 17.6 Å². The van der Waals surface area contributed by atoms with Crippen molar-refractivity contribution in [1.82, 2.24) is 0 Å². The summed E-state index contributed by atoms with van der Waals surface area (Å²) in [5.41, 5.74) is 6.43. The minimum Gasteiger partial charge on any atom is -0.481 e. The van der Waals surface area contributed by atoms with Crippen LogP contribution in [0.1, 0.15) is 43.5 Å². The molecule has 0 aliphatic rings. The number of primary amides is 1. The van der Waals surface area contributed by atoms with Crippen LogP contribution in [0.25, 0.3) is 0 Å². The second kappa shape index (κ2) is 6.93. The molecule has 1 aromatic carbocycles. The van der Waals surface area contributed by atoms with Gasteiger partial charge < -0.3 is 16.2 Å². The van der Waals surface area contributed by atoms with Gasteiger partial charge in [0.2, 0.25) is 0 Å². The summed E-state index contributed by atoms with van der Waals surface area (Å²) in [4.78, 5) is 21.9. The van der Waals surface area contributed by atoms with Crippen molar-refractivity contribution in [2.24, 2.45) is 11.1 Å². The summed E-state index contributed by atoms with van der Waals surface area (Å²) >= 11 is 0. The molecule has 0 saturated carbocycles. The maximum Gasteiger partial charge on any atom is 0.303 e. The number of nitrogens with one attached hydrogen (secondary N) is 1. The molecule has 0 saturated heterocycles. The number of carbonyl (C=O) groups excluding carboxylic acids is 1. The summed E-state index contributed by atoms with van der Waals surface area (Å²) in [5.74, 6) is -1.23. The van der Waals surface area contributed by atoms with E-state index in [1.54, 1.807) is 12.1 Å². The van der Waals surface area contributed by atoms with Gasteiger partial charge in [-0.1, -0.05) is 26.0 Å². The van der Waals surface area contributed by atoms with E-state index in [2.05, 4.69) is 5.32 Å². The zero-order chi connectivity index (χ0) is 15.2. The first-order valence-corrected chi connectivity index (χ1v) is 6.66. The van der Waals surface area contributed by atoms with Gasteiger partial charge in [-0.25, -0.2) is 0 Å². The molecule has 20 heavy (non-hydrogen) atoms. The normalized spacial score (nSPS) is 11.1. The van der Waals surface area contributed by atoms with Gasteiger partial charge in [0.05, 0.1) is 5.56 Å². The lowest BCUT2D eigenvalue weighted by atomic mass is 9.84. The van der Waals surface area contributed by atoms with Crippen LogP contribution in [0.3, 0.4) is 0 Å². The fourth-order valence-corrected chi connectivity index (χ4v) is 1.96. The minimum absolute atomic E-state index is 0.0624. The average molecular weight is 278 g/mol. The van der Waals surface area contributed by atoms with Gasteiger partial charge in [0, 0.05) is 18.7 Å². The lowest BCUT2D eigenvalue weighted by Gasteiger charge is -2.24. The molecule has 0 atom stereocenters. The topological polar surface area (TPSA) is 92.4 Å². The van der Waals surface area contributed by atoms with Crippen LogP contribution < -0.4 is 11.1 Å². The minimum atomic E-state index is -0.773. The number of amides is 1. The van der Waals surface area contributed by atoms with Crippen molar-refractivity contribution in [3.8, 4) is 0 Å². The fourth-order valence-electron chi connectivity index (χ4n) is 1.96. The standard InChI is InChI=1S/C15H22N2O3/c1-15(2,8-7-13(18)19)9-10-17-12-6-4-3-5-11(12)14(16)20/h3-6,17H,7-10H2,1-2H3,(H2,16,20)(H,18,19). The Morgan fingerprint density at radius 2 is 1.90 bits per heavy atom. The van der Waals surface area contributed by atoms with E-state index < -0.39 is 11.9 Å².